The minimum atomic E-state index is -4.19. The highest BCUT2D eigenvalue weighted by Gasteiger charge is 2.21. The zero-order valence-corrected chi connectivity index (χ0v) is 21.2. The molecule has 0 spiro atoms. The van der Waals surface area contributed by atoms with E-state index < -0.39 is 16.0 Å². The Balaban J connectivity index is 1.79. The van der Waals surface area contributed by atoms with Crippen LogP contribution in [0.5, 0.6) is 5.75 Å². The number of anilines is 1. The number of hydrogen-bond donors (Lipinski definition) is 1. The maximum absolute atomic E-state index is 13.0. The zero-order chi connectivity index (χ0) is 25.9. The van der Waals surface area contributed by atoms with Crippen LogP contribution >= 0.6 is 23.2 Å². The normalized spacial score (nSPS) is 11.7. The molecule has 0 fully saturated rings. The molecule has 6 nitrogen and oxygen atoms in total. The molecular formula is C27H18Cl2N2O4S. The molecule has 0 aromatic heterocycles. The van der Waals surface area contributed by atoms with Crippen LogP contribution in [0.4, 0.5) is 5.69 Å². The Morgan fingerprint density at radius 3 is 2.42 bits per heavy atom. The Labute approximate surface area is 218 Å². The van der Waals surface area contributed by atoms with Gasteiger partial charge >= 0.3 is 10.1 Å². The number of nitrogens with zero attached hydrogens (tertiary/aromatic N) is 1. The average Bonchev–Trinajstić information content (AvgIpc) is 2.86. The fourth-order valence-electron chi connectivity index (χ4n) is 3.45. The molecule has 9 heteroatoms. The third-order valence-corrected chi connectivity index (χ3v) is 7.36. The number of nitrogens with one attached hydrogen (secondary N) is 1. The zero-order valence-electron chi connectivity index (χ0n) is 18.8. The van der Waals surface area contributed by atoms with Crippen LogP contribution in [-0.2, 0) is 14.9 Å². The molecule has 0 bridgehead atoms. The number of carbonyl (C=O) groups excluding carboxylic acids is 1. The number of aryl methyl sites for hydroxylation is 1. The number of hydrogen-bond acceptors (Lipinski definition) is 5. The summed E-state index contributed by atoms with van der Waals surface area (Å²) in [6, 6.07) is 23.1. The number of fused-ring (bicyclic) bond motifs is 1. The molecular weight excluding hydrogens is 519 g/mol. The van der Waals surface area contributed by atoms with Gasteiger partial charge in [-0.2, -0.15) is 13.7 Å². The van der Waals surface area contributed by atoms with Crippen LogP contribution in [0.15, 0.2) is 89.3 Å². The van der Waals surface area contributed by atoms with Crippen LogP contribution in [0.3, 0.4) is 0 Å². The molecule has 0 saturated heterocycles. The van der Waals surface area contributed by atoms with Crippen LogP contribution in [-0.4, -0.2) is 14.3 Å². The van der Waals surface area contributed by atoms with Gasteiger partial charge in [-0.1, -0.05) is 77.3 Å². The molecule has 0 heterocycles. The van der Waals surface area contributed by atoms with Crippen LogP contribution in [0.1, 0.15) is 11.1 Å². The maximum Gasteiger partial charge on any atom is 0.339 e. The van der Waals surface area contributed by atoms with Gasteiger partial charge in [0.15, 0.2) is 5.75 Å². The number of halogens is 2. The third-order valence-electron chi connectivity index (χ3n) is 5.29. The third kappa shape index (κ3) is 5.37. The van der Waals surface area contributed by atoms with E-state index in [4.69, 9.17) is 27.4 Å². The standard InChI is InChI=1S/C27H18Cl2N2O4S/c1-17-9-12-20(13-10-17)36(33,34)35-25-14-11-18-5-2-3-6-21(18)22(25)15-19(16-30)27(32)31-24-8-4-7-23(28)26(24)29/h2-15H,1H3,(H,31,32)/b19-15+. The van der Waals surface area contributed by atoms with Crippen molar-refractivity contribution in [2.75, 3.05) is 5.32 Å². The Hall–Kier alpha value is -3.83. The fourth-order valence-corrected chi connectivity index (χ4v) is 4.75. The van der Waals surface area contributed by atoms with E-state index in [2.05, 4.69) is 5.32 Å². The second kappa shape index (κ2) is 10.4. The van der Waals surface area contributed by atoms with Gasteiger partial charge in [-0.25, -0.2) is 0 Å². The summed E-state index contributed by atoms with van der Waals surface area (Å²) in [4.78, 5) is 12.9. The summed E-state index contributed by atoms with van der Waals surface area (Å²) >= 11 is 12.2. The number of carbonyl (C=O) groups is 1. The second-order valence-corrected chi connectivity index (χ2v) is 10.1. The first kappa shape index (κ1) is 25.3. The van der Waals surface area contributed by atoms with Gasteiger partial charge in [-0.15, -0.1) is 0 Å². The first-order valence-corrected chi connectivity index (χ1v) is 12.8. The Bertz CT molecular complexity index is 1660. The van der Waals surface area contributed by atoms with Gasteiger partial charge in [0.1, 0.15) is 16.5 Å². The van der Waals surface area contributed by atoms with E-state index in [0.717, 1.165) is 10.9 Å². The van der Waals surface area contributed by atoms with Crippen molar-refractivity contribution in [1.82, 2.24) is 0 Å². The van der Waals surface area contributed by atoms with E-state index in [9.17, 15) is 18.5 Å². The predicted molar refractivity (Wildman–Crippen MR) is 142 cm³/mol. The summed E-state index contributed by atoms with van der Waals surface area (Å²) in [6.07, 6.45) is 1.29. The van der Waals surface area contributed by atoms with E-state index in [1.54, 1.807) is 48.5 Å². The first-order valence-electron chi connectivity index (χ1n) is 10.6. The van der Waals surface area contributed by atoms with E-state index in [1.165, 1.54) is 24.3 Å². The minimum Gasteiger partial charge on any atom is -0.378 e. The molecule has 0 aliphatic rings. The molecule has 0 saturated carbocycles. The van der Waals surface area contributed by atoms with Gasteiger partial charge in [0, 0.05) is 5.56 Å². The SMILES string of the molecule is Cc1ccc(S(=O)(=O)Oc2ccc3ccccc3c2/C=C(\C#N)C(=O)Nc2cccc(Cl)c2Cl)cc1. The molecule has 0 aliphatic heterocycles. The minimum absolute atomic E-state index is 0.0231. The van der Waals surface area contributed by atoms with Crippen LogP contribution in [0, 0.1) is 18.3 Å². The van der Waals surface area contributed by atoms with Crippen LogP contribution < -0.4 is 9.50 Å². The summed E-state index contributed by atoms with van der Waals surface area (Å²) in [7, 11) is -4.19. The van der Waals surface area contributed by atoms with E-state index >= 15 is 0 Å². The number of benzene rings is 4. The molecule has 0 aliphatic carbocycles. The second-order valence-electron chi connectivity index (χ2n) is 7.77. The highest BCUT2D eigenvalue weighted by atomic mass is 35.5. The predicted octanol–water partition coefficient (Wildman–Crippen LogP) is 6.77. The summed E-state index contributed by atoms with van der Waals surface area (Å²) < 4.78 is 31.5. The van der Waals surface area contributed by atoms with Gasteiger partial charge in [0.2, 0.25) is 0 Å². The highest BCUT2D eigenvalue weighted by Crippen LogP contribution is 2.33. The van der Waals surface area contributed by atoms with Crippen molar-refractivity contribution in [3.8, 4) is 11.8 Å². The molecule has 4 aromatic carbocycles. The number of amides is 1. The van der Waals surface area contributed by atoms with Gasteiger partial charge in [0.25, 0.3) is 5.91 Å². The first-order chi connectivity index (χ1) is 17.2. The van der Waals surface area contributed by atoms with Crippen molar-refractivity contribution in [2.45, 2.75) is 11.8 Å². The average molecular weight is 537 g/mol. The maximum atomic E-state index is 13.0. The molecule has 4 rings (SSSR count). The Morgan fingerprint density at radius 1 is 0.972 bits per heavy atom. The summed E-state index contributed by atoms with van der Waals surface area (Å²) in [5, 5.41) is 14.0. The molecule has 36 heavy (non-hydrogen) atoms. The lowest BCUT2D eigenvalue weighted by Crippen LogP contribution is -2.14. The van der Waals surface area contributed by atoms with Crippen molar-refractivity contribution in [1.29, 1.82) is 5.26 Å². The summed E-state index contributed by atoms with van der Waals surface area (Å²) in [6.45, 7) is 1.84. The monoisotopic (exact) mass is 536 g/mol. The van der Waals surface area contributed by atoms with Gasteiger partial charge in [-0.3, -0.25) is 4.79 Å². The van der Waals surface area contributed by atoms with Gasteiger partial charge < -0.3 is 9.50 Å². The van der Waals surface area contributed by atoms with Crippen LogP contribution in [0.25, 0.3) is 16.8 Å². The molecule has 180 valence electrons. The quantitative estimate of drug-likeness (QED) is 0.166. The smallest absolute Gasteiger partial charge is 0.339 e. The van der Waals surface area contributed by atoms with E-state index in [0.29, 0.717) is 5.39 Å². The van der Waals surface area contributed by atoms with Crippen molar-refractivity contribution >= 4 is 61.8 Å². The molecule has 0 radical (unpaired) electrons. The van der Waals surface area contributed by atoms with Crippen molar-refractivity contribution in [3.05, 3.63) is 106 Å². The molecule has 1 N–H and O–H groups in total. The molecule has 1 amide bonds. The van der Waals surface area contributed by atoms with Crippen molar-refractivity contribution in [2.24, 2.45) is 0 Å². The summed E-state index contributed by atoms with van der Waals surface area (Å²) in [5.41, 5.74) is 1.09. The van der Waals surface area contributed by atoms with E-state index in [1.807, 2.05) is 25.1 Å². The largest absolute Gasteiger partial charge is 0.378 e. The lowest BCUT2D eigenvalue weighted by atomic mass is 10.0. The van der Waals surface area contributed by atoms with Crippen LogP contribution in [0.2, 0.25) is 10.0 Å². The summed E-state index contributed by atoms with van der Waals surface area (Å²) in [5.74, 6) is -0.780. The van der Waals surface area contributed by atoms with Gasteiger partial charge in [0.05, 0.1) is 15.7 Å². The number of nitriles is 1. The lowest BCUT2D eigenvalue weighted by molar-refractivity contribution is -0.112. The Morgan fingerprint density at radius 2 is 1.69 bits per heavy atom. The fraction of sp³-hybridized carbons (Fsp3) is 0.0370. The molecule has 0 unspecified atom stereocenters. The van der Waals surface area contributed by atoms with E-state index in [-0.39, 0.29) is 37.5 Å². The molecule has 0 atom stereocenters. The number of rotatable bonds is 6. The van der Waals surface area contributed by atoms with Crippen molar-refractivity contribution in [3.63, 3.8) is 0 Å². The van der Waals surface area contributed by atoms with Crippen molar-refractivity contribution < 1.29 is 17.4 Å². The Kier molecular flexibility index (Phi) is 7.32. The topological polar surface area (TPSA) is 96.3 Å². The highest BCUT2D eigenvalue weighted by molar-refractivity contribution is 7.87. The molecule has 4 aromatic rings. The van der Waals surface area contributed by atoms with Gasteiger partial charge in [-0.05, 0) is 54.1 Å². The lowest BCUT2D eigenvalue weighted by Gasteiger charge is -2.13.